The Balaban J connectivity index is 2.66. The highest BCUT2D eigenvalue weighted by Gasteiger charge is 2.25. The van der Waals surface area contributed by atoms with Crippen molar-refractivity contribution in [1.82, 2.24) is 0 Å². The molecule has 80 valence electrons. The van der Waals surface area contributed by atoms with Gasteiger partial charge in [0.15, 0.2) is 0 Å². The van der Waals surface area contributed by atoms with Crippen LogP contribution in [0.3, 0.4) is 0 Å². The van der Waals surface area contributed by atoms with Crippen LogP contribution in [-0.4, -0.2) is 11.4 Å². The molecule has 14 heavy (non-hydrogen) atoms. The van der Waals surface area contributed by atoms with E-state index < -0.39 is 8.03 Å². The maximum atomic E-state index is 11.2. The van der Waals surface area contributed by atoms with E-state index in [0.29, 0.717) is 13.0 Å². The van der Waals surface area contributed by atoms with Crippen molar-refractivity contribution < 1.29 is 9.46 Å². The first-order valence-electron chi connectivity index (χ1n) is 5.33. The third kappa shape index (κ3) is 3.49. The van der Waals surface area contributed by atoms with Crippen molar-refractivity contribution in [3.8, 4) is 0 Å². The summed E-state index contributed by atoms with van der Waals surface area (Å²) in [7, 11) is -2.12. The summed E-state index contributed by atoms with van der Waals surface area (Å²) >= 11 is 0. The summed E-state index contributed by atoms with van der Waals surface area (Å²) in [6, 6.07) is 0. The van der Waals surface area contributed by atoms with Crippen molar-refractivity contribution >= 4 is 8.03 Å². The van der Waals surface area contributed by atoms with Crippen LogP contribution in [0, 0.1) is 0 Å². The molecule has 0 aromatic heterocycles. The summed E-state index contributed by atoms with van der Waals surface area (Å²) in [5.74, 6) is 0. The molecule has 1 unspecified atom stereocenters. The van der Waals surface area contributed by atoms with Gasteiger partial charge in [-0.05, 0) is 48.8 Å². The highest BCUT2D eigenvalue weighted by atomic mass is 31.1. The quantitative estimate of drug-likeness (QED) is 0.710. The number of hydrogen-bond donors (Lipinski definition) is 2. The lowest BCUT2D eigenvalue weighted by atomic mass is 9.94. The molecular weight excluding hydrogens is 197 g/mol. The normalized spacial score (nSPS) is 18.1. The van der Waals surface area contributed by atoms with Crippen LogP contribution < -0.4 is 5.73 Å². The van der Waals surface area contributed by atoms with E-state index in [0.717, 1.165) is 24.6 Å². The lowest BCUT2D eigenvalue weighted by molar-refractivity contribution is 0.504. The third-order valence-corrected chi connectivity index (χ3v) is 3.72. The molecule has 0 aromatic rings. The van der Waals surface area contributed by atoms with Crippen LogP contribution in [0.2, 0.25) is 0 Å². The SMILES string of the molecule is NCCCC(=C1CCCCC1)[P+](=O)O. The first-order valence-corrected chi connectivity index (χ1v) is 6.54. The number of hydrogen-bond acceptors (Lipinski definition) is 2. The monoisotopic (exact) mass is 216 g/mol. The number of nitrogens with two attached hydrogens (primary N) is 1. The molecule has 0 amide bonds. The van der Waals surface area contributed by atoms with Gasteiger partial charge in [0, 0.05) is 6.42 Å². The molecule has 0 saturated heterocycles. The summed E-state index contributed by atoms with van der Waals surface area (Å²) in [5.41, 5.74) is 6.64. The van der Waals surface area contributed by atoms with Gasteiger partial charge in [-0.2, -0.15) is 4.89 Å². The fourth-order valence-electron chi connectivity index (χ4n) is 1.94. The van der Waals surface area contributed by atoms with Crippen molar-refractivity contribution in [2.75, 3.05) is 6.54 Å². The summed E-state index contributed by atoms with van der Waals surface area (Å²) in [6.07, 6.45) is 7.16. The summed E-state index contributed by atoms with van der Waals surface area (Å²) in [5, 5.41) is 0.783. The van der Waals surface area contributed by atoms with Crippen LogP contribution in [0.1, 0.15) is 44.9 Å². The zero-order chi connectivity index (χ0) is 10.4. The maximum Gasteiger partial charge on any atom is 0.541 e. The van der Waals surface area contributed by atoms with Gasteiger partial charge < -0.3 is 5.73 Å². The minimum atomic E-state index is -2.12. The van der Waals surface area contributed by atoms with Crippen LogP contribution in [0.5, 0.6) is 0 Å². The Kier molecular flexibility index (Phi) is 5.31. The molecule has 1 rings (SSSR count). The van der Waals surface area contributed by atoms with Gasteiger partial charge in [-0.15, -0.1) is 0 Å². The molecule has 1 atom stereocenters. The van der Waals surface area contributed by atoms with Gasteiger partial charge in [0.05, 0.1) is 0 Å². The molecule has 0 radical (unpaired) electrons. The molecule has 0 bridgehead atoms. The van der Waals surface area contributed by atoms with Crippen LogP contribution in [0.15, 0.2) is 10.9 Å². The highest BCUT2D eigenvalue weighted by Crippen LogP contribution is 2.39. The van der Waals surface area contributed by atoms with Gasteiger partial charge in [-0.1, -0.05) is 6.42 Å². The van der Waals surface area contributed by atoms with Crippen LogP contribution in [-0.2, 0) is 4.57 Å². The van der Waals surface area contributed by atoms with Crippen LogP contribution >= 0.6 is 8.03 Å². The molecule has 1 saturated carbocycles. The molecule has 1 fully saturated rings. The maximum absolute atomic E-state index is 11.2. The largest absolute Gasteiger partial charge is 0.541 e. The lowest BCUT2D eigenvalue weighted by Crippen LogP contribution is -2.01. The average Bonchev–Trinajstić information content (AvgIpc) is 2.19. The van der Waals surface area contributed by atoms with Crippen LogP contribution in [0.25, 0.3) is 0 Å². The smallest absolute Gasteiger partial charge is 0.330 e. The highest BCUT2D eigenvalue weighted by molar-refractivity contribution is 7.43. The van der Waals surface area contributed by atoms with Crippen LogP contribution in [0.4, 0.5) is 0 Å². The van der Waals surface area contributed by atoms with E-state index in [4.69, 9.17) is 5.73 Å². The molecule has 0 spiro atoms. The van der Waals surface area contributed by atoms with E-state index in [1.54, 1.807) is 0 Å². The average molecular weight is 216 g/mol. The minimum Gasteiger partial charge on any atom is -0.330 e. The Morgan fingerprint density at radius 3 is 2.50 bits per heavy atom. The fraction of sp³-hybridized carbons (Fsp3) is 0.800. The molecule has 1 aliphatic carbocycles. The van der Waals surface area contributed by atoms with Gasteiger partial charge in [0.1, 0.15) is 0 Å². The van der Waals surface area contributed by atoms with E-state index in [1.807, 2.05) is 0 Å². The molecule has 0 aliphatic heterocycles. The van der Waals surface area contributed by atoms with Gasteiger partial charge in [0.2, 0.25) is 5.31 Å². The number of rotatable bonds is 4. The molecule has 3 nitrogen and oxygen atoms in total. The fourth-order valence-corrected chi connectivity index (χ4v) is 2.79. The molecule has 0 heterocycles. The molecule has 3 N–H and O–H groups in total. The van der Waals surface area contributed by atoms with Gasteiger partial charge in [-0.3, -0.25) is 0 Å². The molecule has 0 aromatic carbocycles. The van der Waals surface area contributed by atoms with Crippen molar-refractivity contribution in [3.05, 3.63) is 10.9 Å². The first kappa shape index (κ1) is 11.8. The van der Waals surface area contributed by atoms with Crippen molar-refractivity contribution in [2.24, 2.45) is 5.73 Å². The molecule has 4 heteroatoms. The minimum absolute atomic E-state index is 0.597. The Bertz CT molecular complexity index is 230. The lowest BCUT2D eigenvalue weighted by Gasteiger charge is -2.13. The zero-order valence-corrected chi connectivity index (χ0v) is 9.43. The molecular formula is C10H19NO2P+. The third-order valence-electron chi connectivity index (χ3n) is 2.71. The first-order chi connectivity index (χ1) is 6.75. The van der Waals surface area contributed by atoms with Gasteiger partial charge in [0.25, 0.3) is 0 Å². The van der Waals surface area contributed by atoms with Crippen molar-refractivity contribution in [3.63, 3.8) is 0 Å². The van der Waals surface area contributed by atoms with E-state index in [-0.39, 0.29) is 0 Å². The Morgan fingerprint density at radius 1 is 1.36 bits per heavy atom. The second-order valence-corrected chi connectivity index (χ2v) is 4.86. The summed E-state index contributed by atoms with van der Waals surface area (Å²) < 4.78 is 11.2. The molecule has 1 aliphatic rings. The second-order valence-electron chi connectivity index (χ2n) is 3.78. The Hall–Kier alpha value is -0.240. The predicted octanol–water partition coefficient (Wildman–Crippen LogP) is 2.68. The van der Waals surface area contributed by atoms with Gasteiger partial charge >= 0.3 is 8.03 Å². The predicted molar refractivity (Wildman–Crippen MR) is 58.2 cm³/mol. The Morgan fingerprint density at radius 2 is 2.00 bits per heavy atom. The summed E-state index contributed by atoms with van der Waals surface area (Å²) in [6.45, 7) is 0.597. The standard InChI is InChI=1S/C10H18NO2P/c11-8-4-7-10(14(12)13)9-5-2-1-3-6-9/h1-8,11H2/p+1. The second kappa shape index (κ2) is 6.28. The van der Waals surface area contributed by atoms with Gasteiger partial charge in [-0.25, -0.2) is 0 Å². The van der Waals surface area contributed by atoms with E-state index >= 15 is 0 Å². The number of allylic oxidation sites excluding steroid dienone is 2. The van der Waals surface area contributed by atoms with Crippen molar-refractivity contribution in [1.29, 1.82) is 0 Å². The Labute approximate surface area is 86.3 Å². The summed E-state index contributed by atoms with van der Waals surface area (Å²) in [4.78, 5) is 9.20. The zero-order valence-electron chi connectivity index (χ0n) is 8.54. The van der Waals surface area contributed by atoms with E-state index in [9.17, 15) is 9.46 Å². The van der Waals surface area contributed by atoms with Crippen molar-refractivity contribution in [2.45, 2.75) is 44.9 Å². The topological polar surface area (TPSA) is 63.3 Å². The van der Waals surface area contributed by atoms with E-state index in [2.05, 4.69) is 0 Å². The van der Waals surface area contributed by atoms with E-state index in [1.165, 1.54) is 24.8 Å².